The van der Waals surface area contributed by atoms with E-state index in [9.17, 15) is 50.6 Å². The Kier molecular flexibility index (Phi) is 13.5. The van der Waals surface area contributed by atoms with E-state index in [0.717, 1.165) is 12.1 Å². The van der Waals surface area contributed by atoms with Crippen LogP contribution in [0.3, 0.4) is 0 Å². The number of aromatic carboxylic acids is 1. The zero-order valence-electron chi connectivity index (χ0n) is 19.4. The van der Waals surface area contributed by atoms with Gasteiger partial charge < -0.3 is 19.3 Å². The highest BCUT2D eigenvalue weighted by molar-refractivity contribution is 14.1. The molecule has 224 valence electrons. The summed E-state index contributed by atoms with van der Waals surface area (Å²) in [6.45, 7) is 0. The summed E-state index contributed by atoms with van der Waals surface area (Å²) in [5.41, 5.74) is -1.14. The van der Waals surface area contributed by atoms with E-state index in [-0.39, 0.29) is 26.5 Å². The van der Waals surface area contributed by atoms with Crippen LogP contribution in [0.15, 0.2) is 18.2 Å². The topological polar surface area (TPSA) is 116 Å². The zero-order valence-corrected chi connectivity index (χ0v) is 30.2. The van der Waals surface area contributed by atoms with E-state index in [0.29, 0.717) is 10.8 Å². The largest absolute Gasteiger partial charge is 0.478 e. The number of hydrogen-bond acceptors (Lipinski definition) is 7. The van der Waals surface area contributed by atoms with E-state index < -0.39 is 64.8 Å². The number of hydrogen-bond donors (Lipinski definition) is 1. The van der Waals surface area contributed by atoms with Gasteiger partial charge >= 0.3 is 36.2 Å². The van der Waals surface area contributed by atoms with E-state index >= 15 is 0 Å². The number of benzene rings is 2. The molecule has 2 rings (SSSR count). The van der Waals surface area contributed by atoms with Gasteiger partial charge in [-0.05, 0) is 115 Å². The lowest BCUT2D eigenvalue weighted by atomic mass is 10.1. The lowest BCUT2D eigenvalue weighted by molar-refractivity contribution is -0.279. The zero-order chi connectivity index (χ0) is 31.4. The highest BCUT2D eigenvalue weighted by Crippen LogP contribution is 2.42. The van der Waals surface area contributed by atoms with Gasteiger partial charge in [-0.25, -0.2) is 9.59 Å². The molecule has 19 heteroatoms. The molecule has 0 bridgehead atoms. The van der Waals surface area contributed by atoms with Crippen molar-refractivity contribution in [2.75, 3.05) is 4.43 Å². The summed E-state index contributed by atoms with van der Waals surface area (Å²) in [6, 6.07) is 3.25. The molecular formula is C22H11F6I5O8. The quantitative estimate of drug-likeness (QED) is 0.0891. The fourth-order valence-electron chi connectivity index (χ4n) is 2.89. The van der Waals surface area contributed by atoms with Crippen molar-refractivity contribution < 1.29 is 64.8 Å². The second kappa shape index (κ2) is 15.0. The monoisotopic (exact) mass is 1150 g/mol. The summed E-state index contributed by atoms with van der Waals surface area (Å²) >= 11 is 8.34. The van der Waals surface area contributed by atoms with Crippen LogP contribution in [0.4, 0.5) is 26.3 Å². The maximum Gasteiger partial charge on any atom is 0.411 e. The minimum absolute atomic E-state index is 0.0258. The summed E-state index contributed by atoms with van der Waals surface area (Å²) in [7, 11) is 0. The second-order valence-electron chi connectivity index (χ2n) is 7.54. The van der Waals surface area contributed by atoms with Crippen molar-refractivity contribution in [2.45, 2.75) is 25.2 Å². The molecule has 41 heavy (non-hydrogen) atoms. The summed E-state index contributed by atoms with van der Waals surface area (Å²) in [4.78, 5) is 49.3. The van der Waals surface area contributed by atoms with Crippen molar-refractivity contribution in [3.63, 3.8) is 0 Å². The van der Waals surface area contributed by atoms with Crippen molar-refractivity contribution >= 4 is 137 Å². The molecule has 0 saturated carbocycles. The predicted molar refractivity (Wildman–Crippen MR) is 171 cm³/mol. The van der Waals surface area contributed by atoms with Crippen LogP contribution >= 0.6 is 113 Å². The van der Waals surface area contributed by atoms with Gasteiger partial charge in [0.1, 0.15) is 14.7 Å². The fraction of sp³-hybridized carbons (Fsp3) is 0.273. The van der Waals surface area contributed by atoms with Crippen molar-refractivity contribution in [1.29, 1.82) is 0 Å². The number of carboxylic acid groups (broad SMARTS) is 1. The van der Waals surface area contributed by atoms with Gasteiger partial charge in [-0.2, -0.15) is 26.3 Å². The Morgan fingerprint density at radius 3 is 1.85 bits per heavy atom. The Morgan fingerprint density at radius 1 is 0.780 bits per heavy atom. The molecule has 0 heterocycles. The minimum Gasteiger partial charge on any atom is -0.478 e. The molecule has 0 aliphatic carbocycles. The molecule has 0 unspecified atom stereocenters. The first-order valence-electron chi connectivity index (χ1n) is 10.4. The van der Waals surface area contributed by atoms with Gasteiger partial charge in [0.25, 0.3) is 0 Å². The van der Waals surface area contributed by atoms with Gasteiger partial charge in [-0.15, -0.1) is 0 Å². The van der Waals surface area contributed by atoms with Gasteiger partial charge in [-0.3, -0.25) is 9.59 Å². The SMILES string of the molecule is O=C(CCCI)Oc1c(C(=O)O)cc(I)c(OC(=O)c2cc(I)cc(I)c2OC(=O)C(C(F)(F)F)C(F)(F)F)c1I. The first kappa shape index (κ1) is 36.7. The molecule has 0 aromatic heterocycles. The van der Waals surface area contributed by atoms with E-state index in [2.05, 4.69) is 4.74 Å². The average molecular weight is 1150 g/mol. The third kappa shape index (κ3) is 9.77. The van der Waals surface area contributed by atoms with Crippen LogP contribution in [0.2, 0.25) is 0 Å². The van der Waals surface area contributed by atoms with Gasteiger partial charge in [0.05, 0.1) is 7.14 Å². The van der Waals surface area contributed by atoms with Crippen LogP contribution < -0.4 is 14.2 Å². The van der Waals surface area contributed by atoms with Crippen LogP contribution in [-0.2, 0) is 9.59 Å². The van der Waals surface area contributed by atoms with Crippen LogP contribution in [0.25, 0.3) is 0 Å². The molecule has 0 aliphatic rings. The van der Waals surface area contributed by atoms with Crippen LogP contribution in [0, 0.1) is 20.2 Å². The molecule has 2 aromatic carbocycles. The number of carbonyl (C=O) groups is 4. The summed E-state index contributed by atoms with van der Waals surface area (Å²) in [6.07, 6.45) is -11.7. The molecular weight excluding hydrogens is 1140 g/mol. The second-order valence-corrected chi connectivity index (χ2v) is 13.3. The number of rotatable bonds is 9. The molecule has 0 spiro atoms. The van der Waals surface area contributed by atoms with Crippen LogP contribution in [-0.4, -0.2) is 45.8 Å². The lowest BCUT2D eigenvalue weighted by Gasteiger charge is -2.22. The maximum atomic E-state index is 13.2. The van der Waals surface area contributed by atoms with E-state index in [4.69, 9.17) is 9.47 Å². The number of carbonyl (C=O) groups excluding carboxylic acids is 3. The fourth-order valence-corrected chi connectivity index (χ4v) is 7.23. The van der Waals surface area contributed by atoms with Crippen molar-refractivity contribution in [1.82, 2.24) is 0 Å². The number of esters is 3. The molecule has 0 fully saturated rings. The minimum atomic E-state index is -6.03. The number of halogens is 11. The Hall–Kier alpha value is -0.450. The van der Waals surface area contributed by atoms with Crippen LogP contribution in [0.1, 0.15) is 33.6 Å². The van der Waals surface area contributed by atoms with Crippen molar-refractivity contribution in [2.24, 2.45) is 5.92 Å². The van der Waals surface area contributed by atoms with Crippen molar-refractivity contribution in [3.05, 3.63) is 43.6 Å². The van der Waals surface area contributed by atoms with E-state index in [1.54, 1.807) is 67.8 Å². The third-order valence-corrected chi connectivity index (χ3v) is 8.58. The van der Waals surface area contributed by atoms with Gasteiger partial charge in [0.15, 0.2) is 17.2 Å². The molecule has 0 radical (unpaired) electrons. The first-order chi connectivity index (χ1) is 18.8. The maximum absolute atomic E-state index is 13.2. The standard InChI is InChI=1S/C22H11F6I5O8/c23-21(24,25)17(22(26,27)28)20(38)40-14-9(4-7(30)5-10(14)31)19(37)41-16-11(32)6-8(18(35)36)15(13(16)33)39-12(34)2-1-3-29/h4-6,17H,1-3H2,(H,35,36). The molecule has 0 saturated heterocycles. The summed E-state index contributed by atoms with van der Waals surface area (Å²) in [5.74, 6) is -12.5. The Bertz CT molecular complexity index is 1370. The molecule has 8 nitrogen and oxygen atoms in total. The normalized spacial score (nSPS) is 11.8. The average Bonchev–Trinajstić information content (AvgIpc) is 2.81. The molecule has 1 N–H and O–H groups in total. The summed E-state index contributed by atoms with van der Waals surface area (Å²) < 4.78 is 94.0. The van der Waals surface area contributed by atoms with Gasteiger partial charge in [-0.1, -0.05) is 22.6 Å². The highest BCUT2D eigenvalue weighted by atomic mass is 127. The molecule has 0 amide bonds. The van der Waals surface area contributed by atoms with Gasteiger partial charge in [0.2, 0.25) is 5.92 Å². The lowest BCUT2D eigenvalue weighted by Crippen LogP contribution is -2.44. The third-order valence-electron chi connectivity index (χ3n) is 4.61. The van der Waals surface area contributed by atoms with Gasteiger partial charge in [0, 0.05) is 14.4 Å². The smallest absolute Gasteiger partial charge is 0.411 e. The first-order valence-corrected chi connectivity index (χ1v) is 16.2. The van der Waals surface area contributed by atoms with E-state index in [1.807, 2.05) is 22.6 Å². The Balaban J connectivity index is 2.57. The highest BCUT2D eigenvalue weighted by Gasteiger charge is 2.62. The molecule has 0 atom stereocenters. The Morgan fingerprint density at radius 2 is 1.34 bits per heavy atom. The Labute approximate surface area is 294 Å². The summed E-state index contributed by atoms with van der Waals surface area (Å²) in [5, 5.41) is 9.58. The number of carboxylic acids is 1. The predicted octanol–water partition coefficient (Wildman–Crippen LogP) is 7.79. The van der Waals surface area contributed by atoms with Crippen LogP contribution in [0.5, 0.6) is 17.2 Å². The molecule has 2 aromatic rings. The molecule has 0 aliphatic heterocycles. The van der Waals surface area contributed by atoms with Crippen molar-refractivity contribution in [3.8, 4) is 17.2 Å². The number of alkyl halides is 7. The number of ether oxygens (including phenoxy) is 3. The van der Waals surface area contributed by atoms with E-state index in [1.165, 1.54) is 28.7 Å².